The topological polar surface area (TPSA) is 26.0 Å². The van der Waals surface area contributed by atoms with Crippen LogP contribution in [0.2, 0.25) is 10.0 Å². The molecule has 0 amide bonds. The third-order valence-corrected chi connectivity index (χ3v) is 3.66. The quantitative estimate of drug-likeness (QED) is 0.887. The Balaban J connectivity index is 2.03. The Morgan fingerprint density at radius 2 is 1.84 bits per heavy atom. The molecule has 0 saturated heterocycles. The first-order valence-electron chi connectivity index (χ1n) is 6.29. The van der Waals surface area contributed by atoms with Crippen LogP contribution in [0.3, 0.4) is 0 Å². The molecule has 0 aliphatic rings. The third-order valence-electron chi connectivity index (χ3n) is 3.08. The highest BCUT2D eigenvalue weighted by atomic mass is 35.5. The van der Waals surface area contributed by atoms with E-state index in [2.05, 4.69) is 31.2 Å². The van der Waals surface area contributed by atoms with Crippen molar-refractivity contribution in [3.8, 4) is 0 Å². The fourth-order valence-electron chi connectivity index (χ4n) is 2.18. The zero-order valence-corrected chi connectivity index (χ0v) is 12.4. The Kier molecular flexibility index (Phi) is 4.87. The summed E-state index contributed by atoms with van der Waals surface area (Å²) < 4.78 is 0. The average Bonchev–Trinajstić information content (AvgIpc) is 2.33. The maximum atomic E-state index is 6.20. The van der Waals surface area contributed by atoms with Gasteiger partial charge in [-0.25, -0.2) is 0 Å². The summed E-state index contributed by atoms with van der Waals surface area (Å²) in [6.07, 6.45) is 1.60. The molecule has 100 valence electrons. The highest BCUT2D eigenvalue weighted by molar-refractivity contribution is 6.35. The molecule has 0 aromatic heterocycles. The number of aryl methyl sites for hydroxylation is 1. The zero-order chi connectivity index (χ0) is 13.8. The van der Waals surface area contributed by atoms with E-state index < -0.39 is 0 Å². The van der Waals surface area contributed by atoms with Crippen LogP contribution in [0.25, 0.3) is 0 Å². The molecule has 19 heavy (non-hydrogen) atoms. The molecule has 0 heterocycles. The summed E-state index contributed by atoms with van der Waals surface area (Å²) in [7, 11) is 0. The summed E-state index contributed by atoms with van der Waals surface area (Å²) in [4.78, 5) is 0. The molecular formula is C16H17Cl2N. The minimum atomic E-state index is 0.0560. The van der Waals surface area contributed by atoms with Crippen LogP contribution in [0.5, 0.6) is 0 Å². The number of nitrogens with two attached hydrogens (primary N) is 1. The molecule has 1 atom stereocenters. The van der Waals surface area contributed by atoms with Crippen LogP contribution < -0.4 is 5.73 Å². The highest BCUT2D eigenvalue weighted by Gasteiger charge is 2.09. The van der Waals surface area contributed by atoms with Crippen molar-refractivity contribution >= 4 is 23.2 Å². The van der Waals surface area contributed by atoms with Crippen molar-refractivity contribution in [3.63, 3.8) is 0 Å². The fraction of sp³-hybridized carbons (Fsp3) is 0.250. The molecule has 2 aromatic carbocycles. The van der Waals surface area contributed by atoms with Gasteiger partial charge < -0.3 is 5.73 Å². The Bertz CT molecular complexity index is 566. The van der Waals surface area contributed by atoms with Gasteiger partial charge in [-0.1, -0.05) is 59.1 Å². The number of hydrogen-bond acceptors (Lipinski definition) is 1. The monoisotopic (exact) mass is 293 g/mol. The molecule has 0 aliphatic carbocycles. The van der Waals surface area contributed by atoms with Crippen molar-refractivity contribution in [3.05, 3.63) is 69.2 Å². The first-order chi connectivity index (χ1) is 9.04. The van der Waals surface area contributed by atoms with Gasteiger partial charge in [0, 0.05) is 16.1 Å². The summed E-state index contributed by atoms with van der Waals surface area (Å²) >= 11 is 12.0. The molecule has 2 aromatic rings. The smallest absolute Gasteiger partial charge is 0.0453 e. The second-order valence-electron chi connectivity index (χ2n) is 4.89. The summed E-state index contributed by atoms with van der Waals surface area (Å²) in [6, 6.07) is 14.0. The van der Waals surface area contributed by atoms with E-state index in [-0.39, 0.29) is 6.04 Å². The Morgan fingerprint density at radius 1 is 1.05 bits per heavy atom. The minimum absolute atomic E-state index is 0.0560. The zero-order valence-electron chi connectivity index (χ0n) is 10.9. The predicted molar refractivity (Wildman–Crippen MR) is 83.0 cm³/mol. The van der Waals surface area contributed by atoms with Crippen molar-refractivity contribution in [2.24, 2.45) is 5.73 Å². The molecule has 0 fully saturated rings. The molecule has 2 rings (SSSR count). The first-order valence-corrected chi connectivity index (χ1v) is 7.05. The normalized spacial score (nSPS) is 12.4. The van der Waals surface area contributed by atoms with Gasteiger partial charge in [-0.05, 0) is 43.0 Å². The second kappa shape index (κ2) is 6.42. The van der Waals surface area contributed by atoms with E-state index in [1.807, 2.05) is 12.1 Å². The number of benzene rings is 2. The summed E-state index contributed by atoms with van der Waals surface area (Å²) in [5, 5.41) is 1.34. The lowest BCUT2D eigenvalue weighted by Gasteiger charge is -2.13. The summed E-state index contributed by atoms with van der Waals surface area (Å²) in [5.74, 6) is 0. The SMILES string of the molecule is Cc1cccc(CC(N)Cc2ccc(Cl)cc2Cl)c1. The lowest BCUT2D eigenvalue weighted by atomic mass is 9.99. The molecule has 1 unspecified atom stereocenters. The molecule has 0 aliphatic heterocycles. The molecule has 1 nitrogen and oxygen atoms in total. The van der Waals surface area contributed by atoms with Crippen LogP contribution in [0.1, 0.15) is 16.7 Å². The van der Waals surface area contributed by atoms with Crippen molar-refractivity contribution in [2.45, 2.75) is 25.8 Å². The highest BCUT2D eigenvalue weighted by Crippen LogP contribution is 2.22. The van der Waals surface area contributed by atoms with Crippen LogP contribution in [-0.4, -0.2) is 6.04 Å². The van der Waals surface area contributed by atoms with Crippen LogP contribution in [-0.2, 0) is 12.8 Å². The average molecular weight is 294 g/mol. The minimum Gasteiger partial charge on any atom is -0.327 e. The van der Waals surface area contributed by atoms with E-state index in [4.69, 9.17) is 28.9 Å². The Labute approximate surface area is 124 Å². The van der Waals surface area contributed by atoms with E-state index in [1.165, 1.54) is 11.1 Å². The van der Waals surface area contributed by atoms with Crippen molar-refractivity contribution in [1.82, 2.24) is 0 Å². The van der Waals surface area contributed by atoms with Gasteiger partial charge in [-0.2, -0.15) is 0 Å². The van der Waals surface area contributed by atoms with Crippen LogP contribution in [0.4, 0.5) is 0 Å². The van der Waals surface area contributed by atoms with Crippen LogP contribution >= 0.6 is 23.2 Å². The molecule has 2 N–H and O–H groups in total. The number of halogens is 2. The molecule has 3 heteroatoms. The van der Waals surface area contributed by atoms with Crippen molar-refractivity contribution in [2.75, 3.05) is 0 Å². The predicted octanol–water partition coefficient (Wildman–Crippen LogP) is 4.41. The molecule has 0 radical (unpaired) electrons. The van der Waals surface area contributed by atoms with E-state index >= 15 is 0 Å². The van der Waals surface area contributed by atoms with Gasteiger partial charge in [0.2, 0.25) is 0 Å². The standard InChI is InChI=1S/C16H17Cl2N/c1-11-3-2-4-12(7-11)8-15(19)9-13-5-6-14(17)10-16(13)18/h2-7,10,15H,8-9,19H2,1H3. The van der Waals surface area contributed by atoms with E-state index in [1.54, 1.807) is 6.07 Å². The second-order valence-corrected chi connectivity index (χ2v) is 5.74. The van der Waals surface area contributed by atoms with Crippen LogP contribution in [0, 0.1) is 6.92 Å². The van der Waals surface area contributed by atoms with Crippen molar-refractivity contribution < 1.29 is 0 Å². The van der Waals surface area contributed by atoms with Gasteiger partial charge in [0.05, 0.1) is 0 Å². The fourth-order valence-corrected chi connectivity index (χ4v) is 2.67. The summed E-state index contributed by atoms with van der Waals surface area (Å²) in [5.41, 5.74) is 9.77. The molecule has 0 saturated carbocycles. The van der Waals surface area contributed by atoms with Gasteiger partial charge in [0.15, 0.2) is 0 Å². The molecule has 0 spiro atoms. The van der Waals surface area contributed by atoms with E-state index in [0.29, 0.717) is 10.0 Å². The largest absolute Gasteiger partial charge is 0.327 e. The molecular weight excluding hydrogens is 277 g/mol. The van der Waals surface area contributed by atoms with Crippen molar-refractivity contribution in [1.29, 1.82) is 0 Å². The van der Waals surface area contributed by atoms with E-state index in [9.17, 15) is 0 Å². The Hall–Kier alpha value is -1.02. The Morgan fingerprint density at radius 3 is 2.53 bits per heavy atom. The van der Waals surface area contributed by atoms with Gasteiger partial charge in [0.25, 0.3) is 0 Å². The lowest BCUT2D eigenvalue weighted by molar-refractivity contribution is 0.664. The number of hydrogen-bond donors (Lipinski definition) is 1. The van der Waals surface area contributed by atoms with Gasteiger partial charge in [-0.15, -0.1) is 0 Å². The van der Waals surface area contributed by atoms with Crippen LogP contribution in [0.15, 0.2) is 42.5 Å². The first kappa shape index (κ1) is 14.4. The van der Waals surface area contributed by atoms with Gasteiger partial charge in [-0.3, -0.25) is 0 Å². The van der Waals surface area contributed by atoms with Gasteiger partial charge in [0.1, 0.15) is 0 Å². The van der Waals surface area contributed by atoms with E-state index in [0.717, 1.165) is 18.4 Å². The summed E-state index contributed by atoms with van der Waals surface area (Å²) in [6.45, 7) is 2.09. The van der Waals surface area contributed by atoms with Gasteiger partial charge >= 0.3 is 0 Å². The third kappa shape index (κ3) is 4.24. The maximum absolute atomic E-state index is 6.20. The molecule has 0 bridgehead atoms. The lowest BCUT2D eigenvalue weighted by Crippen LogP contribution is -2.25. The maximum Gasteiger partial charge on any atom is 0.0453 e. The number of rotatable bonds is 4.